The third-order valence-corrected chi connectivity index (χ3v) is 5.14. The molecule has 0 spiro atoms. The number of nitrogens with zero attached hydrogens (tertiary/aromatic N) is 3. The lowest BCUT2D eigenvalue weighted by Crippen LogP contribution is -2.43. The van der Waals surface area contributed by atoms with E-state index in [1.807, 2.05) is 12.3 Å². The van der Waals surface area contributed by atoms with Gasteiger partial charge in [0.2, 0.25) is 5.56 Å². The van der Waals surface area contributed by atoms with Crippen LogP contribution in [-0.2, 0) is 6.54 Å². The maximum Gasteiger partial charge on any atom is 0.250 e. The van der Waals surface area contributed by atoms with Crippen LogP contribution in [0.15, 0.2) is 64.5 Å². The summed E-state index contributed by atoms with van der Waals surface area (Å²) in [4.78, 5) is 18.5. The van der Waals surface area contributed by atoms with E-state index < -0.39 is 0 Å². The summed E-state index contributed by atoms with van der Waals surface area (Å²) in [6.45, 7) is 8.76. The van der Waals surface area contributed by atoms with Crippen LogP contribution in [0.25, 0.3) is 0 Å². The van der Waals surface area contributed by atoms with Crippen LogP contribution in [-0.4, -0.2) is 48.7 Å². The minimum absolute atomic E-state index is 0.0568. The van der Waals surface area contributed by atoms with Crippen molar-refractivity contribution in [2.24, 2.45) is 4.99 Å². The highest BCUT2D eigenvalue weighted by molar-refractivity contribution is 5.79. The molecule has 0 fully saturated rings. The van der Waals surface area contributed by atoms with Crippen LogP contribution >= 0.6 is 0 Å². The molecule has 0 saturated heterocycles. The number of likely N-dealkylation sites (N-methyl/N-ethyl adjacent to an activating group) is 1. The molecule has 0 saturated carbocycles. The largest absolute Gasteiger partial charge is 0.356 e. The molecule has 0 bridgehead atoms. The fraction of sp³-hybridized carbons (Fsp3) is 0.478. The van der Waals surface area contributed by atoms with Gasteiger partial charge in [0.15, 0.2) is 5.96 Å². The second-order valence-corrected chi connectivity index (χ2v) is 6.97. The number of rotatable bonds is 11. The fourth-order valence-electron chi connectivity index (χ4n) is 3.47. The second-order valence-electron chi connectivity index (χ2n) is 6.97. The molecular weight excluding hydrogens is 362 g/mol. The van der Waals surface area contributed by atoms with E-state index in [2.05, 4.69) is 64.7 Å². The predicted octanol–water partition coefficient (Wildman–Crippen LogP) is 2.88. The highest BCUT2D eigenvalue weighted by atomic mass is 16.1. The van der Waals surface area contributed by atoms with E-state index in [4.69, 9.17) is 0 Å². The van der Waals surface area contributed by atoms with Gasteiger partial charge in [-0.2, -0.15) is 0 Å². The van der Waals surface area contributed by atoms with Gasteiger partial charge in [0.1, 0.15) is 0 Å². The summed E-state index contributed by atoms with van der Waals surface area (Å²) in [5.74, 6) is 0.815. The Morgan fingerprint density at radius 2 is 1.76 bits per heavy atom. The Morgan fingerprint density at radius 1 is 1.03 bits per heavy atom. The summed E-state index contributed by atoms with van der Waals surface area (Å²) in [5.41, 5.74) is 1.37. The quantitative estimate of drug-likeness (QED) is 0.348. The van der Waals surface area contributed by atoms with Crippen molar-refractivity contribution in [3.05, 3.63) is 70.6 Å². The third kappa shape index (κ3) is 7.38. The first-order chi connectivity index (χ1) is 14.2. The molecule has 1 aromatic carbocycles. The summed E-state index contributed by atoms with van der Waals surface area (Å²) >= 11 is 0. The Morgan fingerprint density at radius 3 is 2.41 bits per heavy atom. The summed E-state index contributed by atoms with van der Waals surface area (Å²) in [5, 5.41) is 6.86. The van der Waals surface area contributed by atoms with Crippen molar-refractivity contribution >= 4 is 5.96 Å². The molecule has 1 unspecified atom stereocenters. The van der Waals surface area contributed by atoms with Crippen LogP contribution in [0.4, 0.5) is 0 Å². The van der Waals surface area contributed by atoms with E-state index in [1.165, 1.54) is 5.56 Å². The number of hydrogen-bond acceptors (Lipinski definition) is 3. The van der Waals surface area contributed by atoms with Gasteiger partial charge in [0.25, 0.3) is 0 Å². The average molecular weight is 398 g/mol. The summed E-state index contributed by atoms with van der Waals surface area (Å²) in [7, 11) is 1.80. The van der Waals surface area contributed by atoms with Crippen molar-refractivity contribution < 1.29 is 0 Å². The van der Waals surface area contributed by atoms with Gasteiger partial charge in [0.05, 0.1) is 6.04 Å². The summed E-state index contributed by atoms with van der Waals surface area (Å²) in [6, 6.07) is 16.2. The summed E-state index contributed by atoms with van der Waals surface area (Å²) < 4.78 is 1.75. The highest BCUT2D eigenvalue weighted by Gasteiger charge is 2.18. The number of nitrogens with one attached hydrogen (secondary N) is 2. The molecule has 158 valence electrons. The van der Waals surface area contributed by atoms with Crippen molar-refractivity contribution in [3.63, 3.8) is 0 Å². The number of pyridine rings is 1. The topological polar surface area (TPSA) is 61.7 Å². The van der Waals surface area contributed by atoms with Gasteiger partial charge in [-0.15, -0.1) is 0 Å². The van der Waals surface area contributed by atoms with Gasteiger partial charge < -0.3 is 15.2 Å². The molecule has 0 aliphatic heterocycles. The number of aliphatic imine (C=N–C) groups is 1. The zero-order valence-corrected chi connectivity index (χ0v) is 18.0. The van der Waals surface area contributed by atoms with Crippen molar-refractivity contribution in [2.45, 2.75) is 39.3 Å². The van der Waals surface area contributed by atoms with Gasteiger partial charge in [-0.1, -0.05) is 50.2 Å². The Kier molecular flexibility index (Phi) is 10.00. The molecule has 2 rings (SSSR count). The third-order valence-electron chi connectivity index (χ3n) is 5.14. The Balaban J connectivity index is 1.80. The number of aryl methyl sites for hydroxylation is 1. The van der Waals surface area contributed by atoms with Gasteiger partial charge in [-0.05, 0) is 37.6 Å². The molecule has 1 atom stereocenters. The molecular formula is C23H35N5O. The first kappa shape index (κ1) is 22.7. The van der Waals surface area contributed by atoms with Gasteiger partial charge in [-0.3, -0.25) is 14.7 Å². The van der Waals surface area contributed by atoms with Crippen LogP contribution in [0, 0.1) is 0 Å². The molecule has 0 aliphatic carbocycles. The molecule has 6 nitrogen and oxygen atoms in total. The van der Waals surface area contributed by atoms with Gasteiger partial charge in [-0.25, -0.2) is 0 Å². The SMILES string of the molecule is CCN(CC)C(CNC(=NC)NCCCCn1ccccc1=O)c1ccccc1. The van der Waals surface area contributed by atoms with E-state index in [0.29, 0.717) is 6.04 Å². The molecule has 29 heavy (non-hydrogen) atoms. The zero-order valence-electron chi connectivity index (χ0n) is 18.0. The number of guanidine groups is 1. The predicted molar refractivity (Wildman–Crippen MR) is 121 cm³/mol. The molecule has 1 aromatic heterocycles. The monoisotopic (exact) mass is 397 g/mol. The van der Waals surface area contributed by atoms with Gasteiger partial charge in [0, 0.05) is 38.9 Å². The van der Waals surface area contributed by atoms with Crippen LogP contribution in [0.2, 0.25) is 0 Å². The lowest BCUT2D eigenvalue weighted by molar-refractivity contribution is 0.219. The Bertz CT molecular complexity index is 783. The smallest absolute Gasteiger partial charge is 0.250 e. The molecule has 6 heteroatoms. The van der Waals surface area contributed by atoms with E-state index >= 15 is 0 Å². The van der Waals surface area contributed by atoms with Crippen LogP contribution < -0.4 is 16.2 Å². The minimum atomic E-state index is 0.0568. The lowest BCUT2D eigenvalue weighted by atomic mass is 10.1. The molecule has 0 amide bonds. The highest BCUT2D eigenvalue weighted by Crippen LogP contribution is 2.19. The van der Waals surface area contributed by atoms with Crippen molar-refractivity contribution in [1.29, 1.82) is 0 Å². The van der Waals surface area contributed by atoms with Crippen molar-refractivity contribution in [1.82, 2.24) is 20.1 Å². The van der Waals surface area contributed by atoms with Crippen LogP contribution in [0.5, 0.6) is 0 Å². The van der Waals surface area contributed by atoms with Crippen LogP contribution in [0.3, 0.4) is 0 Å². The molecule has 2 aromatic rings. The fourth-order valence-corrected chi connectivity index (χ4v) is 3.47. The normalized spacial score (nSPS) is 12.8. The number of benzene rings is 1. The standard InChI is InChI=1S/C23H35N5O/c1-4-27(5-2)21(20-13-7-6-8-14-20)19-26-23(24-3)25-16-10-12-18-28-17-11-9-15-22(28)29/h6-9,11,13-15,17,21H,4-5,10,12,16,18-19H2,1-3H3,(H2,24,25,26). The second kappa shape index (κ2) is 12.8. The van der Waals surface area contributed by atoms with Gasteiger partial charge >= 0.3 is 0 Å². The Hall–Kier alpha value is -2.60. The molecule has 0 aliphatic rings. The minimum Gasteiger partial charge on any atom is -0.356 e. The maximum atomic E-state index is 11.7. The summed E-state index contributed by atoms with van der Waals surface area (Å²) in [6.07, 6.45) is 3.76. The van der Waals surface area contributed by atoms with Crippen molar-refractivity contribution in [2.75, 3.05) is 33.2 Å². The molecule has 2 N–H and O–H groups in total. The number of hydrogen-bond donors (Lipinski definition) is 2. The molecule has 1 heterocycles. The number of aromatic nitrogens is 1. The van der Waals surface area contributed by atoms with E-state index in [0.717, 1.165) is 51.5 Å². The molecule has 0 radical (unpaired) electrons. The number of unbranched alkanes of at least 4 members (excludes halogenated alkanes) is 1. The van der Waals surface area contributed by atoms with Crippen LogP contribution in [0.1, 0.15) is 38.3 Å². The van der Waals surface area contributed by atoms with E-state index in [9.17, 15) is 4.79 Å². The first-order valence-corrected chi connectivity index (χ1v) is 10.6. The lowest BCUT2D eigenvalue weighted by Gasteiger charge is -2.30. The Labute approximate surface area is 174 Å². The van der Waals surface area contributed by atoms with E-state index in [1.54, 1.807) is 23.7 Å². The first-order valence-electron chi connectivity index (χ1n) is 10.6. The van der Waals surface area contributed by atoms with Crippen molar-refractivity contribution in [3.8, 4) is 0 Å². The maximum absolute atomic E-state index is 11.7. The van der Waals surface area contributed by atoms with E-state index in [-0.39, 0.29) is 5.56 Å². The average Bonchev–Trinajstić information content (AvgIpc) is 2.76. The zero-order chi connectivity index (χ0) is 20.9.